The second-order valence-corrected chi connectivity index (χ2v) is 50.4. The molecule has 1 atom stereocenters. The Hall–Kier alpha value is -13.8. The van der Waals surface area contributed by atoms with Crippen LogP contribution in [0.4, 0.5) is 0 Å². The highest BCUT2D eigenvalue weighted by molar-refractivity contribution is 6.06. The van der Waals surface area contributed by atoms with Gasteiger partial charge in [0.05, 0.1) is 35.4 Å². The number of carbonyl (C=O) groups is 3. The van der Waals surface area contributed by atoms with Crippen LogP contribution in [0.25, 0.3) is 98.1 Å². The van der Waals surface area contributed by atoms with Crippen molar-refractivity contribution in [2.45, 2.75) is 330 Å². The van der Waals surface area contributed by atoms with E-state index in [1.807, 2.05) is 74.9 Å². The molecule has 15 nitrogen and oxygen atoms in total. The van der Waals surface area contributed by atoms with Crippen molar-refractivity contribution in [1.82, 2.24) is 43.6 Å². The molecule has 0 spiro atoms. The van der Waals surface area contributed by atoms with Crippen LogP contribution < -0.4 is 0 Å². The molecule has 0 aliphatic heterocycles. The summed E-state index contributed by atoms with van der Waals surface area (Å²) >= 11 is 0. The standard InChI is InChI=1S/C19H21N.2C16H23N.2C15H19NO2.C14H17NO.C13H14N2.2C13H17N.CH4/c1-19(2,3)17-10-9-16-11-12-20(18(16)13-17)14-15-7-5-4-6-8-15;1-15(2,3)12-8-7-11-9-14(16(4,5)6)17-13(11)10-12;1-6-11(2)14-10-17-15-9-12(16(3,4)5)7-8-13(14)15;1-5-18-14(17)12-8-10(15(2,3)4)9-13-11(12)6-7-16-13;1-5-18-14(17)12-11(15(2,3)4)7-6-10-8-9-16-13(10)12;1-10(16)15-8-7-11-5-6-12(9-13(11)15)14(2,3)4;1-13(2,3)10-5-4-9-6-11(8-14)15-12(9)7-10;1-9-7-10-5-6-11(13(2,3)4)8-12(10)14-9;1-13(2,3)11-6-5-10-7-8-14(4)12(10)9-11;/h4-13H,14H2,1-3H3;7-10,17H,1-6H3;7-11,17H,6H2,1-5H3;2*6-9,16H,5H2,1-4H3;5-9H,1-4H3;4-7,15H,1-3H3;5-8,14H,1-4H3;5-9H,1-4H3;1H4. The number of aryl methyl sites for hydroxylation is 2. The van der Waals surface area contributed by atoms with E-state index in [2.05, 4.69) is 487 Å². The Labute approximate surface area is 896 Å². The number of hydrogen-bond acceptors (Lipinski definition) is 6. The third-order valence-corrected chi connectivity index (χ3v) is 27.8. The molecule has 794 valence electrons. The van der Waals surface area contributed by atoms with Crippen LogP contribution in [0, 0.1) is 18.3 Å². The first-order chi connectivity index (χ1) is 69.4. The molecule has 0 fully saturated rings. The van der Waals surface area contributed by atoms with E-state index in [1.165, 1.54) is 122 Å². The van der Waals surface area contributed by atoms with Crippen molar-refractivity contribution in [3.05, 3.63) is 357 Å². The number of esters is 2. The predicted molar refractivity (Wildman–Crippen MR) is 642 cm³/mol. The van der Waals surface area contributed by atoms with E-state index in [1.54, 1.807) is 11.5 Å². The number of benzene rings is 10. The molecule has 0 amide bonds. The van der Waals surface area contributed by atoms with Gasteiger partial charge in [0.2, 0.25) is 5.91 Å². The highest BCUT2D eigenvalue weighted by Gasteiger charge is 2.29. The quantitative estimate of drug-likeness (QED) is 0.0817. The van der Waals surface area contributed by atoms with Gasteiger partial charge in [-0.25, -0.2) is 9.59 Å². The van der Waals surface area contributed by atoms with Gasteiger partial charge in [-0.05, 0) is 268 Å². The average molecular weight is 2020 g/mol. The first-order valence-electron chi connectivity index (χ1n) is 53.1. The first kappa shape index (κ1) is 118. The number of aromatic nitrogens is 9. The molecule has 0 saturated heterocycles. The average Bonchev–Trinajstić information content (AvgIpc) is 1.27. The van der Waals surface area contributed by atoms with E-state index in [-0.39, 0.29) is 79.4 Å². The summed E-state index contributed by atoms with van der Waals surface area (Å²) < 4.78 is 16.5. The summed E-state index contributed by atoms with van der Waals surface area (Å²) in [5, 5.41) is 19.6. The van der Waals surface area contributed by atoms with Crippen molar-refractivity contribution in [2.75, 3.05) is 13.2 Å². The molecule has 6 N–H and O–H groups in total. The number of nitrogens with zero attached hydrogens (tertiary/aromatic N) is 4. The Morgan fingerprint density at radius 2 is 0.793 bits per heavy atom. The van der Waals surface area contributed by atoms with Crippen molar-refractivity contribution in [3.8, 4) is 6.07 Å². The van der Waals surface area contributed by atoms with Gasteiger partial charge in [0.1, 0.15) is 11.8 Å². The normalized spacial score (nSPS) is 12.3. The Balaban J connectivity index is 0.000000173. The van der Waals surface area contributed by atoms with Crippen LogP contribution in [0.15, 0.2) is 268 Å². The zero-order valence-corrected chi connectivity index (χ0v) is 96.6. The van der Waals surface area contributed by atoms with Crippen LogP contribution in [0.1, 0.15) is 366 Å². The summed E-state index contributed by atoms with van der Waals surface area (Å²) in [6.45, 7) is 79.8. The van der Waals surface area contributed by atoms with Crippen molar-refractivity contribution in [3.63, 3.8) is 0 Å². The van der Waals surface area contributed by atoms with E-state index >= 15 is 0 Å². The summed E-state index contributed by atoms with van der Waals surface area (Å²) in [4.78, 5) is 55.4. The van der Waals surface area contributed by atoms with E-state index in [9.17, 15) is 14.4 Å². The zero-order valence-electron chi connectivity index (χ0n) is 96.6. The van der Waals surface area contributed by atoms with Gasteiger partial charge in [-0.1, -0.05) is 356 Å². The van der Waals surface area contributed by atoms with E-state index < -0.39 is 0 Å². The maximum absolute atomic E-state index is 12.2. The number of ether oxygens (including phenoxy) is 2. The molecular formula is C135H174N10O5. The molecule has 9 heterocycles. The minimum Gasteiger partial charge on any atom is -0.462 e. The van der Waals surface area contributed by atoms with Crippen molar-refractivity contribution < 1.29 is 23.9 Å². The third-order valence-electron chi connectivity index (χ3n) is 27.8. The number of nitriles is 1. The molecule has 19 rings (SSSR count). The van der Waals surface area contributed by atoms with Gasteiger partial charge < -0.3 is 48.5 Å². The van der Waals surface area contributed by atoms with Gasteiger partial charge in [0.15, 0.2) is 0 Å². The topological polar surface area (TPSA) is 203 Å². The number of fused-ring (bicyclic) bond motifs is 9. The fourth-order valence-corrected chi connectivity index (χ4v) is 17.9. The highest BCUT2D eigenvalue weighted by Crippen LogP contribution is 2.39. The van der Waals surface area contributed by atoms with Gasteiger partial charge in [0.25, 0.3) is 0 Å². The van der Waals surface area contributed by atoms with Crippen LogP contribution in [0.2, 0.25) is 0 Å². The molecule has 15 heteroatoms. The SMILES string of the molecule is C.CC(=O)n1ccc2ccc(C(C)(C)C)cc21.CC(C)(C)c1ccc2cc(C#N)[nH]c2c1.CC(C)(C)c1ccc2cc(C(C)(C)C)[nH]c2c1.CC(C)(C)c1ccc2ccn(Cc3ccccc3)c2c1.CCC(C)c1c[nH]c2cc(C(C)(C)C)ccc12.CCOC(=O)c1c(C(C)(C)C)ccc2cc[nH]c12.CCOC(=O)c1cc(C(C)(C)C)cc2[nH]ccc12.Cc1cc2ccc(C(C)(C)C)cc2[nH]1.Cn1ccc2ccc(C(C)(C)C)cc21. The Morgan fingerprint density at radius 1 is 0.373 bits per heavy atom. The molecule has 19 aromatic rings. The summed E-state index contributed by atoms with van der Waals surface area (Å²) in [6.07, 6.45) is 13.2. The number of aromatic amines is 6. The van der Waals surface area contributed by atoms with E-state index in [0.717, 1.165) is 61.3 Å². The minimum atomic E-state index is -0.256. The summed E-state index contributed by atoms with van der Waals surface area (Å²) in [7, 11) is 2.09. The Bertz CT molecular complexity index is 7820. The molecule has 0 aliphatic rings. The number of hydrogen-bond donors (Lipinski definition) is 6. The lowest BCUT2D eigenvalue weighted by atomic mass is 9.83. The second-order valence-electron chi connectivity index (χ2n) is 50.4. The van der Waals surface area contributed by atoms with Gasteiger partial charge in [0, 0.05) is 140 Å². The van der Waals surface area contributed by atoms with Crippen LogP contribution in [0.5, 0.6) is 0 Å². The van der Waals surface area contributed by atoms with Gasteiger partial charge in [-0.15, -0.1) is 0 Å². The molecule has 0 aliphatic carbocycles. The largest absolute Gasteiger partial charge is 0.462 e. The minimum absolute atomic E-state index is 0. The fourth-order valence-electron chi connectivity index (χ4n) is 17.9. The van der Waals surface area contributed by atoms with Gasteiger partial charge in [-0.3, -0.25) is 9.36 Å². The van der Waals surface area contributed by atoms with Crippen LogP contribution in [0.3, 0.4) is 0 Å². The summed E-state index contributed by atoms with van der Waals surface area (Å²) in [6, 6.07) is 83.7. The number of nitrogens with one attached hydrogen (secondary N) is 6. The van der Waals surface area contributed by atoms with Crippen molar-refractivity contribution in [2.24, 2.45) is 7.05 Å². The maximum Gasteiger partial charge on any atom is 0.340 e. The molecular weight excluding hydrogens is 1840 g/mol. The van der Waals surface area contributed by atoms with Crippen LogP contribution in [-0.4, -0.2) is 74.7 Å². The van der Waals surface area contributed by atoms with Crippen molar-refractivity contribution in [1.29, 1.82) is 5.26 Å². The monoisotopic (exact) mass is 2020 g/mol. The first-order valence-corrected chi connectivity index (χ1v) is 53.1. The van der Waals surface area contributed by atoms with Crippen LogP contribution >= 0.6 is 0 Å². The summed E-state index contributed by atoms with van der Waals surface area (Å²) in [5.74, 6) is 0.175. The molecule has 0 radical (unpaired) electrons. The lowest BCUT2D eigenvalue weighted by Crippen LogP contribution is -2.18. The number of carbonyl (C=O) groups excluding carboxylic acids is 3. The third kappa shape index (κ3) is 30.3. The van der Waals surface area contributed by atoms with Crippen LogP contribution in [-0.2, 0) is 77.2 Å². The molecule has 0 bridgehead atoms. The molecule has 150 heavy (non-hydrogen) atoms. The molecule has 0 saturated carbocycles. The second kappa shape index (κ2) is 47.6. The lowest BCUT2D eigenvalue weighted by Gasteiger charge is -2.22. The molecule has 1 unspecified atom stereocenters. The fraction of sp³-hybridized carbons (Fsp3) is 0.393. The molecule has 10 aromatic carbocycles. The Morgan fingerprint density at radius 3 is 1.29 bits per heavy atom. The number of rotatable bonds is 8. The molecule has 9 aromatic heterocycles. The van der Waals surface area contributed by atoms with Gasteiger partial charge in [-0.2, -0.15) is 5.26 Å². The zero-order chi connectivity index (χ0) is 110. The maximum atomic E-state index is 12.2. The lowest BCUT2D eigenvalue weighted by molar-refractivity contribution is 0.0517. The Kier molecular flexibility index (Phi) is 37.4. The highest BCUT2D eigenvalue weighted by atomic mass is 16.5. The summed E-state index contributed by atoms with van der Waals surface area (Å²) in [5.41, 5.74) is 30.6. The van der Waals surface area contributed by atoms with E-state index in [0.29, 0.717) is 36.0 Å². The smallest absolute Gasteiger partial charge is 0.340 e. The van der Waals surface area contributed by atoms with Crippen molar-refractivity contribution >= 4 is 116 Å². The van der Waals surface area contributed by atoms with Gasteiger partial charge >= 0.3 is 11.9 Å². The predicted octanol–water partition coefficient (Wildman–Crippen LogP) is 36.8. The van der Waals surface area contributed by atoms with E-state index in [4.69, 9.17) is 14.7 Å². The number of H-pyrrole nitrogens is 6.